The summed E-state index contributed by atoms with van der Waals surface area (Å²) in [5.74, 6) is -1.25. The molecule has 0 fully saturated rings. The number of ether oxygens (including phenoxy) is 1. The first kappa shape index (κ1) is 9.50. The summed E-state index contributed by atoms with van der Waals surface area (Å²) in [5.41, 5.74) is -0.0608. The van der Waals surface area contributed by atoms with Crippen molar-refractivity contribution in [2.24, 2.45) is 0 Å². The van der Waals surface area contributed by atoms with Crippen LogP contribution in [-0.2, 0) is 9.53 Å². The van der Waals surface area contributed by atoms with E-state index in [4.69, 9.17) is 15.1 Å². The van der Waals surface area contributed by atoms with Crippen LogP contribution in [0.5, 0.6) is 0 Å². The number of hydrogen-bond acceptors (Lipinski definition) is 3. The SMILES string of the molecule is CCOC(C#N)=C(C)C(=O)O. The number of allylic oxidation sites excluding steroid dienone is 1. The molecule has 4 heteroatoms. The van der Waals surface area contributed by atoms with Crippen LogP contribution in [-0.4, -0.2) is 17.7 Å². The van der Waals surface area contributed by atoms with E-state index >= 15 is 0 Å². The molecule has 0 aliphatic carbocycles. The largest absolute Gasteiger partial charge is 0.484 e. The van der Waals surface area contributed by atoms with Crippen molar-refractivity contribution in [2.45, 2.75) is 13.8 Å². The molecule has 0 saturated heterocycles. The first-order valence-corrected chi connectivity index (χ1v) is 3.10. The Morgan fingerprint density at radius 1 is 1.73 bits per heavy atom. The molecule has 0 amide bonds. The van der Waals surface area contributed by atoms with E-state index in [1.807, 2.05) is 0 Å². The van der Waals surface area contributed by atoms with Crippen LogP contribution in [0.3, 0.4) is 0 Å². The number of rotatable bonds is 3. The van der Waals surface area contributed by atoms with Gasteiger partial charge in [-0.1, -0.05) is 0 Å². The van der Waals surface area contributed by atoms with Crippen LogP contribution in [0.1, 0.15) is 13.8 Å². The Hall–Kier alpha value is -1.50. The molecule has 0 rings (SSSR count). The van der Waals surface area contributed by atoms with Gasteiger partial charge in [0.1, 0.15) is 6.07 Å². The van der Waals surface area contributed by atoms with E-state index in [0.717, 1.165) is 0 Å². The van der Waals surface area contributed by atoms with Crippen LogP contribution in [0.2, 0.25) is 0 Å². The monoisotopic (exact) mass is 155 g/mol. The highest BCUT2D eigenvalue weighted by molar-refractivity contribution is 5.87. The Kier molecular flexibility index (Phi) is 3.75. The molecule has 0 unspecified atom stereocenters. The zero-order valence-electron chi connectivity index (χ0n) is 6.42. The molecule has 11 heavy (non-hydrogen) atoms. The van der Waals surface area contributed by atoms with Crippen molar-refractivity contribution in [3.05, 3.63) is 11.3 Å². The Bertz CT molecular complexity index is 224. The predicted octanol–water partition coefficient (Wildman–Crippen LogP) is 0.905. The van der Waals surface area contributed by atoms with Gasteiger partial charge in [-0.15, -0.1) is 0 Å². The summed E-state index contributed by atoms with van der Waals surface area (Å²) < 4.78 is 4.75. The van der Waals surface area contributed by atoms with Crippen molar-refractivity contribution in [3.63, 3.8) is 0 Å². The van der Waals surface area contributed by atoms with Gasteiger partial charge in [-0.3, -0.25) is 0 Å². The Labute approximate surface area is 64.7 Å². The number of carboxylic acids is 1. The molecule has 1 N–H and O–H groups in total. The summed E-state index contributed by atoms with van der Waals surface area (Å²) in [6.07, 6.45) is 0. The summed E-state index contributed by atoms with van der Waals surface area (Å²) in [6, 6.07) is 1.66. The van der Waals surface area contributed by atoms with Crippen molar-refractivity contribution in [2.75, 3.05) is 6.61 Å². The van der Waals surface area contributed by atoms with E-state index in [1.165, 1.54) is 6.92 Å². The third kappa shape index (κ3) is 2.72. The van der Waals surface area contributed by atoms with Crippen molar-refractivity contribution in [1.29, 1.82) is 5.26 Å². The van der Waals surface area contributed by atoms with Gasteiger partial charge in [-0.05, 0) is 13.8 Å². The minimum atomic E-state index is -1.13. The Balaban J connectivity index is 4.57. The van der Waals surface area contributed by atoms with E-state index in [1.54, 1.807) is 13.0 Å². The van der Waals surface area contributed by atoms with Gasteiger partial charge in [0, 0.05) is 0 Å². The van der Waals surface area contributed by atoms with Crippen LogP contribution in [0.25, 0.3) is 0 Å². The van der Waals surface area contributed by atoms with Gasteiger partial charge in [-0.2, -0.15) is 5.26 Å². The summed E-state index contributed by atoms with van der Waals surface area (Å²) in [6.45, 7) is 3.32. The highest BCUT2D eigenvalue weighted by Crippen LogP contribution is 2.04. The van der Waals surface area contributed by atoms with Gasteiger partial charge in [0.15, 0.2) is 0 Å². The number of nitrogens with zero attached hydrogens (tertiary/aromatic N) is 1. The van der Waals surface area contributed by atoms with E-state index in [2.05, 4.69) is 0 Å². The predicted molar refractivity (Wildman–Crippen MR) is 37.6 cm³/mol. The molecule has 0 atom stereocenters. The van der Waals surface area contributed by atoms with Crippen LogP contribution in [0.4, 0.5) is 0 Å². The first-order chi connectivity index (χ1) is 5.13. The summed E-state index contributed by atoms with van der Waals surface area (Å²) in [5, 5.41) is 16.8. The molecule has 0 bridgehead atoms. The number of carboxylic acid groups (broad SMARTS) is 1. The highest BCUT2D eigenvalue weighted by atomic mass is 16.5. The Morgan fingerprint density at radius 3 is 2.55 bits per heavy atom. The highest BCUT2D eigenvalue weighted by Gasteiger charge is 2.08. The Morgan fingerprint density at radius 2 is 2.27 bits per heavy atom. The molecule has 0 heterocycles. The van der Waals surface area contributed by atoms with Crippen molar-refractivity contribution >= 4 is 5.97 Å². The first-order valence-electron chi connectivity index (χ1n) is 3.10. The summed E-state index contributed by atoms with van der Waals surface area (Å²) in [4.78, 5) is 10.3. The molecule has 0 spiro atoms. The molecule has 0 aliphatic rings. The molecule has 4 nitrogen and oxygen atoms in total. The lowest BCUT2D eigenvalue weighted by Gasteiger charge is -2.00. The smallest absolute Gasteiger partial charge is 0.335 e. The van der Waals surface area contributed by atoms with Crippen LogP contribution in [0.15, 0.2) is 11.3 Å². The molecular weight excluding hydrogens is 146 g/mol. The molecule has 0 radical (unpaired) electrons. The van der Waals surface area contributed by atoms with Gasteiger partial charge in [-0.25, -0.2) is 4.79 Å². The third-order valence-electron chi connectivity index (χ3n) is 1.05. The minimum absolute atomic E-state index is 0.0608. The fraction of sp³-hybridized carbons (Fsp3) is 0.429. The average Bonchev–Trinajstić information content (AvgIpc) is 1.98. The second-order valence-corrected chi connectivity index (χ2v) is 1.80. The number of hydrogen-bond donors (Lipinski definition) is 1. The van der Waals surface area contributed by atoms with Gasteiger partial charge < -0.3 is 9.84 Å². The molecular formula is C7H9NO3. The van der Waals surface area contributed by atoms with Gasteiger partial charge in [0.2, 0.25) is 5.76 Å². The van der Waals surface area contributed by atoms with Crippen LogP contribution in [0, 0.1) is 11.3 Å². The fourth-order valence-electron chi connectivity index (χ4n) is 0.466. The van der Waals surface area contributed by atoms with E-state index in [9.17, 15) is 4.79 Å². The number of aliphatic carboxylic acids is 1. The normalized spacial score (nSPS) is 11.4. The zero-order chi connectivity index (χ0) is 8.85. The molecule has 60 valence electrons. The number of nitriles is 1. The second-order valence-electron chi connectivity index (χ2n) is 1.80. The lowest BCUT2D eigenvalue weighted by Crippen LogP contribution is -2.02. The number of carbonyl (C=O) groups is 1. The van der Waals surface area contributed by atoms with Gasteiger partial charge >= 0.3 is 5.97 Å². The van der Waals surface area contributed by atoms with Gasteiger partial charge in [0.05, 0.1) is 12.2 Å². The van der Waals surface area contributed by atoms with Crippen LogP contribution >= 0.6 is 0 Å². The van der Waals surface area contributed by atoms with E-state index in [0.29, 0.717) is 6.61 Å². The maximum atomic E-state index is 10.3. The standard InChI is InChI=1S/C7H9NO3/c1-3-11-6(4-8)5(2)7(9)10/h3H2,1-2H3,(H,9,10). The maximum absolute atomic E-state index is 10.3. The lowest BCUT2D eigenvalue weighted by molar-refractivity contribution is -0.132. The minimum Gasteiger partial charge on any atom is -0.484 e. The van der Waals surface area contributed by atoms with E-state index in [-0.39, 0.29) is 11.3 Å². The molecule has 0 aromatic heterocycles. The molecule has 0 aromatic carbocycles. The molecule has 0 aliphatic heterocycles. The van der Waals surface area contributed by atoms with Crippen LogP contribution < -0.4 is 0 Å². The van der Waals surface area contributed by atoms with E-state index < -0.39 is 5.97 Å². The topological polar surface area (TPSA) is 70.3 Å². The molecule has 0 saturated carbocycles. The van der Waals surface area contributed by atoms with Crippen molar-refractivity contribution in [3.8, 4) is 6.07 Å². The fourth-order valence-corrected chi connectivity index (χ4v) is 0.466. The quantitative estimate of drug-likeness (QED) is 0.373. The lowest BCUT2D eigenvalue weighted by atomic mass is 10.3. The molecule has 0 aromatic rings. The summed E-state index contributed by atoms with van der Waals surface area (Å²) in [7, 11) is 0. The summed E-state index contributed by atoms with van der Waals surface area (Å²) >= 11 is 0. The second kappa shape index (κ2) is 4.34. The van der Waals surface area contributed by atoms with Crippen molar-refractivity contribution < 1.29 is 14.6 Å². The van der Waals surface area contributed by atoms with Crippen molar-refractivity contribution in [1.82, 2.24) is 0 Å². The third-order valence-corrected chi connectivity index (χ3v) is 1.05. The maximum Gasteiger partial charge on any atom is 0.335 e. The average molecular weight is 155 g/mol. The zero-order valence-corrected chi connectivity index (χ0v) is 6.42. The van der Waals surface area contributed by atoms with Gasteiger partial charge in [0.25, 0.3) is 0 Å².